The van der Waals surface area contributed by atoms with Gasteiger partial charge in [-0.3, -0.25) is 14.5 Å². The lowest BCUT2D eigenvalue weighted by Gasteiger charge is -2.34. The average molecular weight is 556 g/mol. The smallest absolute Gasteiger partial charge is 0.273 e. The number of aromatic nitrogens is 2. The van der Waals surface area contributed by atoms with Crippen LogP contribution in [-0.2, 0) is 6.54 Å². The summed E-state index contributed by atoms with van der Waals surface area (Å²) >= 11 is 1.56. The molecule has 206 valence electrons. The number of methoxy groups -OCH3 is 1. The number of hydrogen-bond donors (Lipinski definition) is 0. The van der Waals surface area contributed by atoms with Crippen LogP contribution < -0.4 is 4.74 Å². The summed E-state index contributed by atoms with van der Waals surface area (Å²) in [6.45, 7) is 5.33. The van der Waals surface area contributed by atoms with Gasteiger partial charge in [-0.1, -0.05) is 42.5 Å². The molecule has 0 radical (unpaired) electrons. The van der Waals surface area contributed by atoms with Crippen LogP contribution in [0, 0.1) is 0 Å². The van der Waals surface area contributed by atoms with Crippen molar-refractivity contribution in [2.75, 3.05) is 46.4 Å². The number of carbonyl (C=O) groups excluding carboxylic acids is 2. The summed E-state index contributed by atoms with van der Waals surface area (Å²) in [5.41, 5.74) is 2.99. The van der Waals surface area contributed by atoms with Crippen molar-refractivity contribution in [3.8, 4) is 5.75 Å². The summed E-state index contributed by atoms with van der Waals surface area (Å²) in [4.78, 5) is 42.0. The van der Waals surface area contributed by atoms with Crippen LogP contribution in [0.5, 0.6) is 5.75 Å². The van der Waals surface area contributed by atoms with Crippen molar-refractivity contribution in [3.63, 3.8) is 0 Å². The van der Waals surface area contributed by atoms with E-state index in [0.29, 0.717) is 43.3 Å². The van der Waals surface area contributed by atoms with Gasteiger partial charge >= 0.3 is 0 Å². The van der Waals surface area contributed by atoms with Gasteiger partial charge < -0.3 is 14.5 Å². The predicted molar refractivity (Wildman–Crippen MR) is 156 cm³/mol. The van der Waals surface area contributed by atoms with E-state index in [4.69, 9.17) is 9.72 Å². The third-order valence-corrected chi connectivity index (χ3v) is 8.91. The van der Waals surface area contributed by atoms with Crippen molar-refractivity contribution in [2.24, 2.45) is 0 Å². The van der Waals surface area contributed by atoms with Crippen molar-refractivity contribution in [2.45, 2.75) is 25.3 Å². The molecule has 0 aliphatic carbocycles. The van der Waals surface area contributed by atoms with E-state index in [-0.39, 0.29) is 17.7 Å². The molecule has 0 unspecified atom stereocenters. The second kappa shape index (κ2) is 11.7. The molecule has 4 aromatic rings. The molecule has 9 heteroatoms. The van der Waals surface area contributed by atoms with Gasteiger partial charge in [0.2, 0.25) is 0 Å². The maximum Gasteiger partial charge on any atom is 0.273 e. The largest absolute Gasteiger partial charge is 0.496 e. The molecule has 0 saturated carbocycles. The zero-order chi connectivity index (χ0) is 27.5. The number of para-hydroxylation sites is 1. The second-order valence-electron chi connectivity index (χ2n) is 10.4. The number of piperazine rings is 1. The Morgan fingerprint density at radius 1 is 0.850 bits per heavy atom. The number of nitrogens with zero attached hydrogens (tertiary/aromatic N) is 5. The molecule has 2 aromatic carbocycles. The molecule has 0 atom stereocenters. The van der Waals surface area contributed by atoms with Crippen LogP contribution in [0.4, 0.5) is 0 Å². The molecule has 8 nitrogen and oxygen atoms in total. The van der Waals surface area contributed by atoms with E-state index in [9.17, 15) is 9.59 Å². The van der Waals surface area contributed by atoms with Gasteiger partial charge in [0.25, 0.3) is 11.8 Å². The molecule has 2 aromatic heterocycles. The Morgan fingerprint density at radius 3 is 2.27 bits per heavy atom. The molecule has 2 aliphatic rings. The van der Waals surface area contributed by atoms with Gasteiger partial charge in [-0.2, -0.15) is 0 Å². The van der Waals surface area contributed by atoms with E-state index in [1.54, 1.807) is 24.5 Å². The number of amides is 2. The van der Waals surface area contributed by atoms with E-state index >= 15 is 0 Å². The molecule has 0 spiro atoms. The number of benzene rings is 2. The van der Waals surface area contributed by atoms with Gasteiger partial charge in [0, 0.05) is 68.6 Å². The number of fused-ring (bicyclic) bond motifs is 1. The highest BCUT2D eigenvalue weighted by Crippen LogP contribution is 2.32. The van der Waals surface area contributed by atoms with Crippen LogP contribution in [0.2, 0.25) is 0 Å². The summed E-state index contributed by atoms with van der Waals surface area (Å²) in [5.74, 6) is 0.841. The van der Waals surface area contributed by atoms with Crippen LogP contribution >= 0.6 is 11.3 Å². The highest BCUT2D eigenvalue weighted by Gasteiger charge is 2.29. The Hall–Kier alpha value is -3.82. The Balaban J connectivity index is 1.03. The first kappa shape index (κ1) is 26.4. The van der Waals surface area contributed by atoms with Crippen molar-refractivity contribution in [1.29, 1.82) is 0 Å². The van der Waals surface area contributed by atoms with E-state index in [1.165, 1.54) is 5.56 Å². The molecular weight excluding hydrogens is 522 g/mol. The fraction of sp³-hybridized carbons (Fsp3) is 0.355. The third-order valence-electron chi connectivity index (χ3n) is 7.90. The number of rotatable bonds is 6. The van der Waals surface area contributed by atoms with Crippen molar-refractivity contribution >= 4 is 34.1 Å². The van der Waals surface area contributed by atoms with Crippen molar-refractivity contribution < 1.29 is 14.3 Å². The number of hydrogen-bond acceptors (Lipinski definition) is 7. The summed E-state index contributed by atoms with van der Waals surface area (Å²) < 4.78 is 5.52. The maximum atomic E-state index is 13.3. The lowest BCUT2D eigenvalue weighted by atomic mass is 9.97. The molecule has 2 saturated heterocycles. The normalized spacial score (nSPS) is 16.8. The highest BCUT2D eigenvalue weighted by molar-refractivity contribution is 7.09. The number of thiazole rings is 1. The van der Waals surface area contributed by atoms with Gasteiger partial charge in [-0.05, 0) is 30.5 Å². The van der Waals surface area contributed by atoms with E-state index in [1.807, 2.05) is 45.5 Å². The Labute approximate surface area is 238 Å². The molecule has 2 amide bonds. The molecule has 40 heavy (non-hydrogen) atoms. The van der Waals surface area contributed by atoms with Crippen LogP contribution in [0.3, 0.4) is 0 Å². The number of likely N-dealkylation sites (tertiary alicyclic amines) is 1. The summed E-state index contributed by atoms with van der Waals surface area (Å²) in [6, 6.07) is 19.9. The van der Waals surface area contributed by atoms with Crippen molar-refractivity contribution in [3.05, 3.63) is 88.0 Å². The predicted octanol–water partition coefficient (Wildman–Crippen LogP) is 4.68. The minimum absolute atomic E-state index is 0.0193. The summed E-state index contributed by atoms with van der Waals surface area (Å²) in [7, 11) is 1.61. The molecule has 6 rings (SSSR count). The van der Waals surface area contributed by atoms with Gasteiger partial charge in [0.05, 0.1) is 17.6 Å². The van der Waals surface area contributed by atoms with Crippen molar-refractivity contribution in [1.82, 2.24) is 24.7 Å². The minimum atomic E-state index is -0.0797. The quantitative estimate of drug-likeness (QED) is 0.344. The fourth-order valence-electron chi connectivity index (χ4n) is 5.60. The molecule has 0 bridgehead atoms. The standard InChI is InChI=1S/C31H33N5O3S/c1-39-28-19-26(32-25-10-6-5-9-24(25)28)30(37)35-13-11-23(12-14-35)29-33-27(21-40-29)31(38)36-17-15-34(16-18-36)20-22-7-3-2-4-8-22/h2-10,19,21,23H,11-18,20H2,1H3. The fourth-order valence-corrected chi connectivity index (χ4v) is 6.56. The molecule has 2 fully saturated rings. The van der Waals surface area contributed by atoms with Crippen LogP contribution in [0.25, 0.3) is 10.9 Å². The Morgan fingerprint density at radius 2 is 1.52 bits per heavy atom. The van der Waals surface area contributed by atoms with E-state index in [2.05, 4.69) is 34.1 Å². The zero-order valence-electron chi connectivity index (χ0n) is 22.7. The minimum Gasteiger partial charge on any atom is -0.496 e. The van der Waals surface area contributed by atoms with Crippen LogP contribution in [0.15, 0.2) is 66.0 Å². The highest BCUT2D eigenvalue weighted by atomic mass is 32.1. The lowest BCUT2D eigenvalue weighted by molar-refractivity contribution is 0.0623. The van der Waals surface area contributed by atoms with Gasteiger partial charge in [-0.15, -0.1) is 11.3 Å². The lowest BCUT2D eigenvalue weighted by Crippen LogP contribution is -2.48. The number of pyridine rings is 1. The van der Waals surface area contributed by atoms with Gasteiger partial charge in [0.1, 0.15) is 17.1 Å². The number of ether oxygens (including phenoxy) is 1. The summed E-state index contributed by atoms with van der Waals surface area (Å²) in [5, 5.41) is 3.78. The second-order valence-corrected chi connectivity index (χ2v) is 11.3. The first-order valence-corrected chi connectivity index (χ1v) is 14.7. The van der Waals surface area contributed by atoms with Gasteiger partial charge in [0.15, 0.2) is 0 Å². The number of carbonyl (C=O) groups is 2. The third kappa shape index (κ3) is 5.57. The first-order valence-electron chi connectivity index (χ1n) is 13.8. The first-order chi connectivity index (χ1) is 19.6. The molecule has 4 heterocycles. The maximum absolute atomic E-state index is 13.3. The monoisotopic (exact) mass is 555 g/mol. The number of piperidine rings is 1. The Kier molecular flexibility index (Phi) is 7.75. The van der Waals surface area contributed by atoms with Crippen LogP contribution in [-0.4, -0.2) is 82.9 Å². The molecule has 0 N–H and O–H groups in total. The average Bonchev–Trinajstić information content (AvgIpc) is 3.51. The van der Waals surface area contributed by atoms with Gasteiger partial charge in [-0.25, -0.2) is 9.97 Å². The van der Waals surface area contributed by atoms with E-state index in [0.717, 1.165) is 48.4 Å². The molecule has 2 aliphatic heterocycles. The molecular formula is C31H33N5O3S. The summed E-state index contributed by atoms with van der Waals surface area (Å²) in [6.07, 6.45) is 1.63. The zero-order valence-corrected chi connectivity index (χ0v) is 23.5. The topological polar surface area (TPSA) is 78.9 Å². The SMILES string of the molecule is COc1cc(C(=O)N2CCC(c3nc(C(=O)N4CCN(Cc5ccccc5)CC4)cs3)CC2)nc2ccccc12. The Bertz CT molecular complexity index is 1490. The van der Waals surface area contributed by atoms with Crippen LogP contribution in [0.1, 0.15) is 50.3 Å². The van der Waals surface area contributed by atoms with E-state index < -0.39 is 0 Å².